The second kappa shape index (κ2) is 7.65. The van der Waals surface area contributed by atoms with Crippen LogP contribution in [0.15, 0.2) is 35.7 Å². The molecule has 0 aliphatic rings. The van der Waals surface area contributed by atoms with E-state index in [0.717, 1.165) is 0 Å². The largest absolute Gasteiger partial charge is 0.494 e. The van der Waals surface area contributed by atoms with Gasteiger partial charge in [0.25, 0.3) is 11.6 Å². The maximum Gasteiger partial charge on any atom is 0.296 e. The van der Waals surface area contributed by atoms with Gasteiger partial charge in [0.1, 0.15) is 11.4 Å². The molecule has 0 bridgehead atoms. The summed E-state index contributed by atoms with van der Waals surface area (Å²) in [7, 11) is 0. The Morgan fingerprint density at radius 1 is 1.43 bits per heavy atom. The van der Waals surface area contributed by atoms with Crippen molar-refractivity contribution in [3.05, 3.63) is 50.7 Å². The van der Waals surface area contributed by atoms with E-state index in [1.165, 1.54) is 23.5 Å². The van der Waals surface area contributed by atoms with Gasteiger partial charge in [-0.3, -0.25) is 20.2 Å². The number of hydrogen-bond donors (Lipinski definition) is 2. The van der Waals surface area contributed by atoms with Crippen LogP contribution in [0, 0.1) is 10.1 Å². The first-order valence-corrected chi connectivity index (χ1v) is 7.87. The predicted molar refractivity (Wildman–Crippen MR) is 92.3 cm³/mol. The summed E-state index contributed by atoms with van der Waals surface area (Å²) < 4.78 is 5.24. The van der Waals surface area contributed by atoms with Gasteiger partial charge >= 0.3 is 0 Å². The maximum atomic E-state index is 11.9. The number of anilines is 1. The number of thiocarbonyl (C=S) groups is 1. The smallest absolute Gasteiger partial charge is 0.296 e. The van der Waals surface area contributed by atoms with Crippen LogP contribution in [0.4, 0.5) is 11.4 Å². The summed E-state index contributed by atoms with van der Waals surface area (Å²) in [6.07, 6.45) is 0. The lowest BCUT2D eigenvalue weighted by Gasteiger charge is -2.10. The molecule has 1 aromatic carbocycles. The molecule has 23 heavy (non-hydrogen) atoms. The second-order valence-corrected chi connectivity index (χ2v) is 5.61. The number of carbonyl (C=O) groups is 1. The SMILES string of the molecule is CCOc1ccc(NC(=S)NC(=O)c2cccs2)c([N+](=O)[O-])c1. The molecule has 2 N–H and O–H groups in total. The van der Waals surface area contributed by atoms with E-state index < -0.39 is 4.92 Å². The van der Waals surface area contributed by atoms with E-state index in [4.69, 9.17) is 17.0 Å². The first kappa shape index (κ1) is 16.8. The Kier molecular flexibility index (Phi) is 5.61. The summed E-state index contributed by atoms with van der Waals surface area (Å²) in [4.78, 5) is 23.0. The number of benzene rings is 1. The van der Waals surface area contributed by atoms with Crippen molar-refractivity contribution in [3.8, 4) is 5.75 Å². The van der Waals surface area contributed by atoms with Crippen molar-refractivity contribution in [1.29, 1.82) is 0 Å². The number of nitro groups is 1. The molecule has 0 unspecified atom stereocenters. The predicted octanol–water partition coefficient (Wildman–Crippen LogP) is 3.18. The number of carbonyl (C=O) groups excluding carboxylic acids is 1. The normalized spacial score (nSPS) is 9.96. The molecule has 0 radical (unpaired) electrons. The van der Waals surface area contributed by atoms with Crippen LogP contribution in [0.25, 0.3) is 0 Å². The molecule has 1 aromatic heterocycles. The number of rotatable bonds is 5. The van der Waals surface area contributed by atoms with E-state index in [2.05, 4.69) is 10.6 Å². The van der Waals surface area contributed by atoms with Crippen molar-refractivity contribution in [2.45, 2.75) is 6.92 Å². The van der Waals surface area contributed by atoms with Gasteiger partial charge in [-0.25, -0.2) is 0 Å². The lowest BCUT2D eigenvalue weighted by atomic mass is 10.2. The van der Waals surface area contributed by atoms with Crippen LogP contribution in [-0.2, 0) is 0 Å². The standard InChI is InChI=1S/C14H13N3O4S2/c1-2-21-9-5-6-10(11(8-9)17(19)20)15-14(22)16-13(18)12-4-3-7-23-12/h3-8H,2H2,1H3,(H2,15,16,18,22). The van der Waals surface area contributed by atoms with Crippen molar-refractivity contribution in [1.82, 2.24) is 5.32 Å². The Morgan fingerprint density at radius 3 is 2.83 bits per heavy atom. The Morgan fingerprint density at radius 2 is 2.22 bits per heavy atom. The molecule has 0 spiro atoms. The Balaban J connectivity index is 2.11. The average molecular weight is 351 g/mol. The molecule has 2 aromatic rings. The third kappa shape index (κ3) is 4.47. The number of nitrogens with zero attached hydrogens (tertiary/aromatic N) is 1. The molecule has 0 aliphatic heterocycles. The van der Waals surface area contributed by atoms with Crippen LogP contribution in [0.2, 0.25) is 0 Å². The highest BCUT2D eigenvalue weighted by molar-refractivity contribution is 7.80. The van der Waals surface area contributed by atoms with E-state index in [-0.39, 0.29) is 22.4 Å². The second-order valence-electron chi connectivity index (χ2n) is 4.25. The van der Waals surface area contributed by atoms with Gasteiger partial charge in [-0.15, -0.1) is 11.3 Å². The van der Waals surface area contributed by atoms with Gasteiger partial charge in [0.15, 0.2) is 5.11 Å². The molecule has 0 aliphatic carbocycles. The van der Waals surface area contributed by atoms with Crippen molar-refractivity contribution in [2.75, 3.05) is 11.9 Å². The summed E-state index contributed by atoms with van der Waals surface area (Å²) in [5, 5.41) is 18.0. The zero-order chi connectivity index (χ0) is 16.8. The van der Waals surface area contributed by atoms with Crippen molar-refractivity contribution >= 4 is 45.9 Å². The fourth-order valence-electron chi connectivity index (χ4n) is 1.75. The van der Waals surface area contributed by atoms with Crippen LogP contribution in [0.1, 0.15) is 16.6 Å². The number of nitro benzene ring substituents is 1. The fraction of sp³-hybridized carbons (Fsp3) is 0.143. The monoisotopic (exact) mass is 351 g/mol. The minimum Gasteiger partial charge on any atom is -0.494 e. The van der Waals surface area contributed by atoms with Gasteiger partial charge in [0.05, 0.1) is 22.5 Å². The topological polar surface area (TPSA) is 93.5 Å². The van der Waals surface area contributed by atoms with E-state index >= 15 is 0 Å². The Bertz CT molecular complexity index is 732. The van der Waals surface area contributed by atoms with Crippen LogP contribution in [-0.4, -0.2) is 22.5 Å². The van der Waals surface area contributed by atoms with Gasteiger partial charge < -0.3 is 10.1 Å². The lowest BCUT2D eigenvalue weighted by Crippen LogP contribution is -2.33. The number of nitrogens with one attached hydrogen (secondary N) is 2. The van der Waals surface area contributed by atoms with E-state index in [1.54, 1.807) is 30.5 Å². The summed E-state index contributed by atoms with van der Waals surface area (Å²) in [5.74, 6) is 0.0179. The molecule has 9 heteroatoms. The third-order valence-corrected chi connectivity index (χ3v) is 3.77. The van der Waals surface area contributed by atoms with Gasteiger partial charge in [-0.05, 0) is 42.7 Å². The van der Waals surface area contributed by atoms with Gasteiger partial charge in [0.2, 0.25) is 0 Å². The van der Waals surface area contributed by atoms with Gasteiger partial charge in [0, 0.05) is 0 Å². The molecule has 7 nitrogen and oxygen atoms in total. The Hall–Kier alpha value is -2.52. The molecule has 120 valence electrons. The number of ether oxygens (including phenoxy) is 1. The summed E-state index contributed by atoms with van der Waals surface area (Å²) in [5.41, 5.74) is -0.0152. The maximum absolute atomic E-state index is 11.9. The molecule has 0 fully saturated rings. The first-order valence-electron chi connectivity index (χ1n) is 6.58. The van der Waals surface area contributed by atoms with Gasteiger partial charge in [-0.1, -0.05) is 6.07 Å². The van der Waals surface area contributed by atoms with Crippen LogP contribution < -0.4 is 15.4 Å². The van der Waals surface area contributed by atoms with Crippen LogP contribution in [0.5, 0.6) is 5.75 Å². The van der Waals surface area contributed by atoms with E-state index in [1.807, 2.05) is 0 Å². The van der Waals surface area contributed by atoms with E-state index in [0.29, 0.717) is 17.2 Å². The fourth-order valence-corrected chi connectivity index (χ4v) is 2.57. The first-order chi connectivity index (χ1) is 11.0. The molecule has 1 heterocycles. The zero-order valence-electron chi connectivity index (χ0n) is 12.1. The van der Waals surface area contributed by atoms with E-state index in [9.17, 15) is 14.9 Å². The third-order valence-electron chi connectivity index (χ3n) is 2.70. The quantitative estimate of drug-likeness (QED) is 0.488. The minimum atomic E-state index is -0.547. The number of hydrogen-bond acceptors (Lipinski definition) is 6. The summed E-state index contributed by atoms with van der Waals surface area (Å²) >= 11 is 6.29. The molecule has 0 saturated carbocycles. The lowest BCUT2D eigenvalue weighted by molar-refractivity contribution is -0.384. The van der Waals surface area contributed by atoms with Crippen molar-refractivity contribution < 1.29 is 14.5 Å². The molecule has 0 atom stereocenters. The highest BCUT2D eigenvalue weighted by Gasteiger charge is 2.17. The number of thiophene rings is 1. The van der Waals surface area contributed by atoms with Crippen LogP contribution >= 0.6 is 23.6 Å². The molecule has 1 amide bonds. The zero-order valence-corrected chi connectivity index (χ0v) is 13.7. The summed E-state index contributed by atoms with van der Waals surface area (Å²) in [6, 6.07) is 7.76. The molecular formula is C14H13N3O4S2. The minimum absolute atomic E-state index is 0.0179. The Labute approximate surface area is 141 Å². The van der Waals surface area contributed by atoms with Crippen molar-refractivity contribution in [3.63, 3.8) is 0 Å². The van der Waals surface area contributed by atoms with Crippen molar-refractivity contribution in [2.24, 2.45) is 0 Å². The molecule has 2 rings (SSSR count). The highest BCUT2D eigenvalue weighted by atomic mass is 32.1. The summed E-state index contributed by atoms with van der Waals surface area (Å²) in [6.45, 7) is 2.19. The number of amides is 1. The highest BCUT2D eigenvalue weighted by Crippen LogP contribution is 2.29. The van der Waals surface area contributed by atoms with Crippen LogP contribution in [0.3, 0.4) is 0 Å². The molecule has 0 saturated heterocycles. The average Bonchev–Trinajstić information content (AvgIpc) is 3.03. The molecular weight excluding hydrogens is 338 g/mol. The van der Waals surface area contributed by atoms with Gasteiger partial charge in [-0.2, -0.15) is 0 Å².